The number of nitrogens with two attached hydrogens (primary N) is 1. The lowest BCUT2D eigenvalue weighted by atomic mass is 9.83. The summed E-state index contributed by atoms with van der Waals surface area (Å²) in [6.45, 7) is 2.28. The molecule has 1 aliphatic carbocycles. The van der Waals surface area contributed by atoms with Crippen LogP contribution in [0.1, 0.15) is 45.4 Å². The Hall–Kier alpha value is -1.77. The zero-order valence-corrected chi connectivity index (χ0v) is 12.8. The Labute approximate surface area is 127 Å². The molecular weight excluding hydrogens is 258 g/mol. The Morgan fingerprint density at radius 2 is 2.05 bits per heavy atom. The number of hydrogen-bond acceptors (Lipinski definition) is 3. The van der Waals surface area contributed by atoms with Crippen LogP contribution >= 0.6 is 0 Å². The van der Waals surface area contributed by atoms with Crippen molar-refractivity contribution < 1.29 is 0 Å². The van der Waals surface area contributed by atoms with E-state index in [1.807, 2.05) is 18.3 Å². The summed E-state index contributed by atoms with van der Waals surface area (Å²) in [5, 5.41) is 4.90. The van der Waals surface area contributed by atoms with E-state index >= 15 is 0 Å². The number of nitrogens with one attached hydrogen (secondary N) is 1. The van der Waals surface area contributed by atoms with Crippen molar-refractivity contribution in [3.05, 3.63) is 30.5 Å². The molecule has 1 saturated carbocycles. The maximum Gasteiger partial charge on any atom is 0.0951 e. The second-order valence-electron chi connectivity index (χ2n) is 6.16. The molecule has 1 unspecified atom stereocenters. The van der Waals surface area contributed by atoms with Crippen LogP contribution in [0.4, 0.5) is 11.4 Å². The fourth-order valence-electron chi connectivity index (χ4n) is 3.61. The zero-order chi connectivity index (χ0) is 14.7. The van der Waals surface area contributed by atoms with Crippen LogP contribution in [0.2, 0.25) is 0 Å². The van der Waals surface area contributed by atoms with Gasteiger partial charge in [0.05, 0.1) is 11.2 Å². The summed E-state index contributed by atoms with van der Waals surface area (Å²) in [7, 11) is 0. The quantitative estimate of drug-likeness (QED) is 0.807. The van der Waals surface area contributed by atoms with Crippen LogP contribution in [0.25, 0.3) is 10.9 Å². The third kappa shape index (κ3) is 2.97. The van der Waals surface area contributed by atoms with Crippen LogP contribution in [0.5, 0.6) is 0 Å². The van der Waals surface area contributed by atoms with Crippen LogP contribution in [-0.4, -0.2) is 11.0 Å². The van der Waals surface area contributed by atoms with E-state index in [0.29, 0.717) is 6.04 Å². The molecule has 0 aliphatic heterocycles. The molecule has 3 nitrogen and oxygen atoms in total. The number of pyridine rings is 1. The average Bonchev–Trinajstić information content (AvgIpc) is 2.54. The van der Waals surface area contributed by atoms with Gasteiger partial charge in [-0.2, -0.15) is 0 Å². The largest absolute Gasteiger partial charge is 0.397 e. The van der Waals surface area contributed by atoms with E-state index in [4.69, 9.17) is 5.73 Å². The number of nitrogen functional groups attached to an aromatic ring is 1. The predicted octanol–water partition coefficient (Wildman–Crippen LogP) is 4.59. The minimum atomic E-state index is 0.553. The first-order valence-electron chi connectivity index (χ1n) is 8.19. The van der Waals surface area contributed by atoms with E-state index in [1.54, 1.807) is 0 Å². The van der Waals surface area contributed by atoms with Crippen molar-refractivity contribution in [2.24, 2.45) is 5.92 Å². The molecule has 0 radical (unpaired) electrons. The van der Waals surface area contributed by atoms with Gasteiger partial charge in [0.15, 0.2) is 0 Å². The molecule has 0 amide bonds. The molecule has 1 aliphatic rings. The summed E-state index contributed by atoms with van der Waals surface area (Å²) in [4.78, 5) is 4.42. The van der Waals surface area contributed by atoms with E-state index in [9.17, 15) is 0 Å². The Bertz CT molecular complexity index is 602. The third-order valence-corrected chi connectivity index (χ3v) is 4.80. The third-order valence-electron chi connectivity index (χ3n) is 4.80. The highest BCUT2D eigenvalue weighted by Crippen LogP contribution is 2.32. The molecule has 0 bridgehead atoms. The molecule has 0 spiro atoms. The van der Waals surface area contributed by atoms with Gasteiger partial charge in [-0.3, -0.25) is 4.98 Å². The second kappa shape index (κ2) is 6.33. The molecule has 21 heavy (non-hydrogen) atoms. The molecule has 3 heteroatoms. The maximum atomic E-state index is 6.04. The van der Waals surface area contributed by atoms with E-state index in [2.05, 4.69) is 29.4 Å². The van der Waals surface area contributed by atoms with Gasteiger partial charge in [0, 0.05) is 23.3 Å². The Morgan fingerprint density at radius 1 is 1.24 bits per heavy atom. The molecule has 1 aromatic carbocycles. The van der Waals surface area contributed by atoms with Crippen molar-refractivity contribution in [1.29, 1.82) is 0 Å². The number of rotatable bonds is 4. The summed E-state index contributed by atoms with van der Waals surface area (Å²) in [6.07, 6.45) is 9.90. The predicted molar refractivity (Wildman–Crippen MR) is 90.4 cm³/mol. The summed E-state index contributed by atoms with van der Waals surface area (Å²) in [5.41, 5.74) is 8.87. The lowest BCUT2D eigenvalue weighted by Gasteiger charge is -2.31. The Kier molecular flexibility index (Phi) is 4.28. The number of aromatic nitrogens is 1. The molecule has 2 aromatic rings. The van der Waals surface area contributed by atoms with Crippen LogP contribution in [0.15, 0.2) is 30.5 Å². The van der Waals surface area contributed by atoms with Crippen LogP contribution in [0, 0.1) is 5.92 Å². The molecule has 0 saturated heterocycles. The minimum Gasteiger partial charge on any atom is -0.397 e. The lowest BCUT2D eigenvalue weighted by Crippen LogP contribution is -2.30. The molecule has 3 N–H and O–H groups in total. The molecular formula is C18H25N3. The van der Waals surface area contributed by atoms with Gasteiger partial charge in [0.1, 0.15) is 0 Å². The standard InChI is InChI=1S/C18H25N3/c1-2-16(13-7-4-3-5-8-13)21-17-11-12-20-18-14(17)9-6-10-15(18)19/h6,9-13,16H,2-5,7-8,19H2,1H3,(H,20,21). The molecule has 112 valence electrons. The topological polar surface area (TPSA) is 50.9 Å². The normalized spacial score (nSPS) is 17.8. The fourth-order valence-corrected chi connectivity index (χ4v) is 3.61. The summed E-state index contributed by atoms with van der Waals surface area (Å²) < 4.78 is 0. The zero-order valence-electron chi connectivity index (χ0n) is 12.8. The fraction of sp³-hybridized carbons (Fsp3) is 0.500. The number of nitrogens with zero attached hydrogens (tertiary/aromatic N) is 1. The highest BCUT2D eigenvalue weighted by molar-refractivity contribution is 5.97. The molecule has 1 aromatic heterocycles. The first-order valence-corrected chi connectivity index (χ1v) is 8.19. The maximum absolute atomic E-state index is 6.04. The van der Waals surface area contributed by atoms with Crippen molar-refractivity contribution in [2.45, 2.75) is 51.5 Å². The van der Waals surface area contributed by atoms with E-state index in [1.165, 1.54) is 37.8 Å². The van der Waals surface area contributed by atoms with Gasteiger partial charge >= 0.3 is 0 Å². The highest BCUT2D eigenvalue weighted by Gasteiger charge is 2.22. The lowest BCUT2D eigenvalue weighted by molar-refractivity contribution is 0.313. The van der Waals surface area contributed by atoms with Crippen molar-refractivity contribution in [3.8, 4) is 0 Å². The Morgan fingerprint density at radius 3 is 2.81 bits per heavy atom. The van der Waals surface area contributed by atoms with Crippen molar-refractivity contribution >= 4 is 22.3 Å². The van der Waals surface area contributed by atoms with E-state index in [-0.39, 0.29) is 0 Å². The summed E-state index contributed by atoms with van der Waals surface area (Å²) >= 11 is 0. The van der Waals surface area contributed by atoms with E-state index in [0.717, 1.165) is 28.9 Å². The smallest absolute Gasteiger partial charge is 0.0951 e. The van der Waals surface area contributed by atoms with Gasteiger partial charge in [-0.25, -0.2) is 0 Å². The monoisotopic (exact) mass is 283 g/mol. The van der Waals surface area contributed by atoms with Gasteiger partial charge < -0.3 is 11.1 Å². The van der Waals surface area contributed by atoms with Gasteiger partial charge in [0.2, 0.25) is 0 Å². The number of benzene rings is 1. The van der Waals surface area contributed by atoms with Crippen LogP contribution in [-0.2, 0) is 0 Å². The molecule has 1 atom stereocenters. The second-order valence-corrected chi connectivity index (χ2v) is 6.16. The first-order chi connectivity index (χ1) is 10.3. The highest BCUT2D eigenvalue weighted by atomic mass is 14.9. The van der Waals surface area contributed by atoms with Crippen molar-refractivity contribution in [2.75, 3.05) is 11.1 Å². The van der Waals surface area contributed by atoms with Gasteiger partial charge in [-0.15, -0.1) is 0 Å². The first kappa shape index (κ1) is 14.2. The van der Waals surface area contributed by atoms with Gasteiger partial charge in [-0.1, -0.05) is 38.3 Å². The van der Waals surface area contributed by atoms with E-state index < -0.39 is 0 Å². The van der Waals surface area contributed by atoms with Gasteiger partial charge in [0.25, 0.3) is 0 Å². The van der Waals surface area contributed by atoms with Crippen molar-refractivity contribution in [3.63, 3.8) is 0 Å². The summed E-state index contributed by atoms with van der Waals surface area (Å²) in [6, 6.07) is 8.66. The molecule has 3 rings (SSSR count). The Balaban J connectivity index is 1.87. The summed E-state index contributed by atoms with van der Waals surface area (Å²) in [5.74, 6) is 0.799. The van der Waals surface area contributed by atoms with Gasteiger partial charge in [-0.05, 0) is 37.3 Å². The molecule has 1 fully saturated rings. The molecule has 1 heterocycles. The average molecular weight is 283 g/mol. The van der Waals surface area contributed by atoms with Crippen LogP contribution in [0.3, 0.4) is 0 Å². The SMILES string of the molecule is CCC(Nc1ccnc2c(N)cccc12)C1CCCCC1. The number of anilines is 2. The number of hydrogen-bond donors (Lipinski definition) is 2. The number of fused-ring (bicyclic) bond motifs is 1. The van der Waals surface area contributed by atoms with Crippen LogP contribution < -0.4 is 11.1 Å². The minimum absolute atomic E-state index is 0.553. The van der Waals surface area contributed by atoms with Crippen molar-refractivity contribution in [1.82, 2.24) is 4.98 Å². The number of para-hydroxylation sites is 1.